The highest BCUT2D eigenvalue weighted by Crippen LogP contribution is 1.94. The monoisotopic (exact) mass is 184 g/mol. The maximum absolute atomic E-state index is 9.06. The fraction of sp³-hybridized carbons (Fsp3) is 0.500. The third-order valence-electron chi connectivity index (χ3n) is 1.34. The van der Waals surface area contributed by atoms with Gasteiger partial charge in [0.15, 0.2) is 0 Å². The summed E-state index contributed by atoms with van der Waals surface area (Å²) in [6.07, 6.45) is 0.886. The summed E-state index contributed by atoms with van der Waals surface area (Å²) in [5.41, 5.74) is 10.8. The highest BCUT2D eigenvalue weighted by atomic mass is 16.5. The fourth-order valence-electron chi connectivity index (χ4n) is 0.725. The molecule has 0 aliphatic heterocycles. The van der Waals surface area contributed by atoms with Crippen LogP contribution in [-0.2, 0) is 0 Å². The summed E-state index contributed by atoms with van der Waals surface area (Å²) >= 11 is 0. The molecule has 0 unspecified atom stereocenters. The predicted molar refractivity (Wildman–Crippen MR) is 46.8 cm³/mol. The largest absolute Gasteiger partial charge is 0.422 e. The lowest BCUT2D eigenvalue weighted by Gasteiger charge is -2.02. The maximum atomic E-state index is 9.06. The zero-order chi connectivity index (χ0) is 9.84. The molecule has 0 atom stereocenters. The van der Waals surface area contributed by atoms with Crippen molar-refractivity contribution in [3.05, 3.63) is 5.62 Å². The van der Waals surface area contributed by atoms with Gasteiger partial charge in [-0.2, -0.15) is 9.97 Å². The first kappa shape index (κ1) is 9.30. The Morgan fingerprint density at radius 1 is 1.38 bits per heavy atom. The van der Waals surface area contributed by atoms with E-state index in [0.717, 1.165) is 6.42 Å². The Balaban J connectivity index is 3.13. The highest BCUT2D eigenvalue weighted by Gasteiger charge is 2.00. The van der Waals surface area contributed by atoms with Crippen molar-refractivity contribution in [2.75, 3.05) is 18.0 Å². The van der Waals surface area contributed by atoms with E-state index in [1.165, 1.54) is 0 Å². The lowest BCUT2D eigenvalue weighted by molar-refractivity contribution is 0.190. The number of hydrogen-bond donors (Lipinski definition) is 3. The highest BCUT2D eigenvalue weighted by molar-refractivity contribution is 5.25. The first-order valence-corrected chi connectivity index (χ1v) is 3.87. The zero-order valence-electron chi connectivity index (χ0n) is 7.30. The summed E-state index contributed by atoms with van der Waals surface area (Å²) in [7, 11) is 0. The molecule has 0 aromatic carbocycles. The molecule has 0 saturated carbocycles. The third kappa shape index (κ3) is 2.08. The normalized spacial score (nSPS) is 9.92. The van der Waals surface area contributed by atoms with Crippen LogP contribution in [0, 0.1) is 0 Å². The Labute approximate surface area is 74.7 Å². The summed E-state index contributed by atoms with van der Waals surface area (Å²) < 4.78 is 0.505. The van der Waals surface area contributed by atoms with Gasteiger partial charge in [0.2, 0.25) is 11.9 Å². The predicted octanol–water partition coefficient (Wildman–Crippen LogP) is -1.01. The van der Waals surface area contributed by atoms with E-state index < -0.39 is 0 Å². The summed E-state index contributed by atoms with van der Waals surface area (Å²) in [6.45, 7) is 2.58. The Hall–Kier alpha value is -1.79. The van der Waals surface area contributed by atoms with Gasteiger partial charge in [-0.1, -0.05) is 6.92 Å². The summed E-state index contributed by atoms with van der Waals surface area (Å²) in [5, 5.41) is 9.06. The van der Waals surface area contributed by atoms with Gasteiger partial charge in [0.1, 0.15) is 0 Å². The van der Waals surface area contributed by atoms with Crippen molar-refractivity contribution >= 4 is 11.9 Å². The molecule has 0 spiro atoms. The number of anilines is 2. The quantitative estimate of drug-likeness (QED) is 0.509. The van der Waals surface area contributed by atoms with Crippen LogP contribution >= 0.6 is 0 Å². The van der Waals surface area contributed by atoms with E-state index in [9.17, 15) is 0 Å². The van der Waals surface area contributed by atoms with Crippen molar-refractivity contribution < 1.29 is 5.21 Å². The van der Waals surface area contributed by atoms with Crippen LogP contribution in [0.5, 0.6) is 0 Å². The van der Waals surface area contributed by atoms with Crippen molar-refractivity contribution in [1.29, 1.82) is 0 Å². The molecule has 1 rings (SSSR count). The minimum Gasteiger partial charge on any atom is -0.422 e. The maximum Gasteiger partial charge on any atom is 0.251 e. The van der Waals surface area contributed by atoms with Gasteiger partial charge in [-0.15, -0.1) is 4.73 Å². The smallest absolute Gasteiger partial charge is 0.251 e. The molecule has 13 heavy (non-hydrogen) atoms. The first-order valence-electron chi connectivity index (χ1n) is 3.87. The first-order chi connectivity index (χ1) is 6.15. The van der Waals surface area contributed by atoms with Crippen molar-refractivity contribution in [3.63, 3.8) is 0 Å². The number of nitrogens with zero attached hydrogens (tertiary/aromatic N) is 4. The lowest BCUT2D eigenvalue weighted by atomic mass is 10.5. The van der Waals surface area contributed by atoms with E-state index in [-0.39, 0.29) is 17.5 Å². The van der Waals surface area contributed by atoms with Crippen LogP contribution < -0.4 is 17.1 Å². The topological polar surface area (TPSA) is 115 Å². The molecule has 7 heteroatoms. The molecule has 1 aromatic heterocycles. The van der Waals surface area contributed by atoms with E-state index in [1.54, 1.807) is 0 Å². The van der Waals surface area contributed by atoms with Crippen molar-refractivity contribution in [2.45, 2.75) is 13.3 Å². The number of hydrogen-bond acceptors (Lipinski definition) is 6. The minimum atomic E-state index is -0.123. The van der Waals surface area contributed by atoms with Gasteiger partial charge in [0.25, 0.3) is 5.62 Å². The van der Waals surface area contributed by atoms with Gasteiger partial charge in [-0.3, -0.25) is 0 Å². The lowest BCUT2D eigenvalue weighted by Crippen LogP contribution is -2.23. The minimum absolute atomic E-state index is 0.123. The van der Waals surface area contributed by atoms with Gasteiger partial charge in [-0.25, -0.2) is 4.99 Å². The Kier molecular flexibility index (Phi) is 2.68. The van der Waals surface area contributed by atoms with Crippen molar-refractivity contribution in [1.82, 2.24) is 14.7 Å². The van der Waals surface area contributed by atoms with E-state index in [2.05, 4.69) is 15.0 Å². The van der Waals surface area contributed by atoms with Crippen LogP contribution in [0.25, 0.3) is 0 Å². The van der Waals surface area contributed by atoms with Crippen LogP contribution in [0.1, 0.15) is 13.3 Å². The van der Waals surface area contributed by atoms with E-state index in [4.69, 9.17) is 16.7 Å². The second-order valence-corrected chi connectivity index (χ2v) is 2.43. The number of aromatic nitrogens is 3. The second kappa shape index (κ2) is 3.74. The molecule has 5 N–H and O–H groups in total. The molecular formula is C6H12N6O. The number of rotatable bonds is 2. The van der Waals surface area contributed by atoms with Gasteiger partial charge in [0.05, 0.1) is 0 Å². The molecule has 1 aromatic rings. The molecule has 7 nitrogen and oxygen atoms in total. The molecule has 72 valence electrons. The van der Waals surface area contributed by atoms with E-state index in [0.29, 0.717) is 11.3 Å². The van der Waals surface area contributed by atoms with E-state index in [1.807, 2.05) is 6.92 Å². The van der Waals surface area contributed by atoms with Gasteiger partial charge in [0, 0.05) is 6.54 Å². The van der Waals surface area contributed by atoms with Crippen LogP contribution in [-0.4, -0.2) is 26.5 Å². The Morgan fingerprint density at radius 2 is 1.92 bits per heavy atom. The summed E-state index contributed by atoms with van der Waals surface area (Å²) in [6, 6.07) is 0. The van der Waals surface area contributed by atoms with Crippen LogP contribution in [0.2, 0.25) is 0 Å². The standard InChI is InChI=1S/C6H12N6O/c1-2-3-9-6-10-4(7)12(13)5(8)11-6/h13H,2-3H2,1H3,(H4,7,8,9,10,11). The summed E-state index contributed by atoms with van der Waals surface area (Å²) in [4.78, 5) is 11.4. The van der Waals surface area contributed by atoms with Gasteiger partial charge in [-0.05, 0) is 6.42 Å². The molecule has 0 aliphatic rings. The number of nitrogen functional groups attached to an aromatic ring is 2. The van der Waals surface area contributed by atoms with Crippen LogP contribution in [0.15, 0.2) is 4.99 Å². The number of nitrogens with two attached hydrogens (primary N) is 2. The Morgan fingerprint density at radius 3 is 2.38 bits per heavy atom. The molecular weight excluding hydrogens is 172 g/mol. The van der Waals surface area contributed by atoms with Gasteiger partial charge < -0.3 is 16.7 Å². The molecule has 0 aliphatic carbocycles. The molecule has 0 fully saturated rings. The van der Waals surface area contributed by atoms with Crippen LogP contribution in [0.3, 0.4) is 0 Å². The Bertz CT molecular complexity index is 330. The van der Waals surface area contributed by atoms with Gasteiger partial charge >= 0.3 is 0 Å². The van der Waals surface area contributed by atoms with Crippen molar-refractivity contribution in [2.24, 2.45) is 4.99 Å². The van der Waals surface area contributed by atoms with Crippen molar-refractivity contribution in [3.8, 4) is 0 Å². The van der Waals surface area contributed by atoms with E-state index >= 15 is 0 Å². The average Bonchev–Trinajstić information content (AvgIpc) is 2.10. The molecule has 0 bridgehead atoms. The molecule has 0 amide bonds. The average molecular weight is 184 g/mol. The fourth-order valence-corrected chi connectivity index (χ4v) is 0.725. The summed E-state index contributed by atoms with van der Waals surface area (Å²) in [5.74, 6) is -0.246. The molecule has 0 saturated heterocycles. The second-order valence-electron chi connectivity index (χ2n) is 2.43. The molecule has 1 heterocycles. The SMILES string of the molecule is CCCN=c1nc(N)n(O)c(N)n1. The zero-order valence-corrected chi connectivity index (χ0v) is 7.30. The molecule has 0 radical (unpaired) electrons. The third-order valence-corrected chi connectivity index (χ3v) is 1.34. The van der Waals surface area contributed by atoms with Crippen LogP contribution in [0.4, 0.5) is 11.9 Å².